The number of piperidine rings is 1. The quantitative estimate of drug-likeness (QED) is 0.757. The van der Waals surface area contributed by atoms with Crippen molar-refractivity contribution >= 4 is 10.2 Å². The van der Waals surface area contributed by atoms with Gasteiger partial charge < -0.3 is 5.11 Å². The number of unbranched alkanes of at least 4 members (excludes halogenated alkanes) is 1. The monoisotopic (exact) mass is 278 g/mol. The fourth-order valence-corrected chi connectivity index (χ4v) is 3.84. The molecule has 1 saturated heterocycles. The van der Waals surface area contributed by atoms with Crippen LogP contribution >= 0.6 is 0 Å². The molecule has 0 aromatic heterocycles. The normalized spacial score (nSPS) is 19.6. The van der Waals surface area contributed by atoms with E-state index in [1.165, 1.54) is 4.31 Å². The number of nitrogens with zero attached hydrogens (tertiary/aromatic N) is 2. The lowest BCUT2D eigenvalue weighted by atomic mass is 10.0. The molecule has 18 heavy (non-hydrogen) atoms. The van der Waals surface area contributed by atoms with E-state index in [0.717, 1.165) is 25.7 Å². The van der Waals surface area contributed by atoms with Crippen LogP contribution in [-0.2, 0) is 10.2 Å². The van der Waals surface area contributed by atoms with Crippen molar-refractivity contribution in [1.82, 2.24) is 8.61 Å². The van der Waals surface area contributed by atoms with Crippen LogP contribution in [0, 0.1) is 5.92 Å². The summed E-state index contributed by atoms with van der Waals surface area (Å²) < 4.78 is 27.8. The first-order chi connectivity index (χ1) is 8.52. The lowest BCUT2D eigenvalue weighted by Gasteiger charge is -2.33. The van der Waals surface area contributed by atoms with Crippen LogP contribution in [0.15, 0.2) is 0 Å². The maximum absolute atomic E-state index is 12.4. The first-order valence-electron chi connectivity index (χ1n) is 6.88. The fraction of sp³-hybridized carbons (Fsp3) is 1.00. The van der Waals surface area contributed by atoms with E-state index in [9.17, 15) is 8.42 Å². The molecule has 0 amide bonds. The number of rotatable bonds is 7. The Balaban J connectivity index is 2.68. The van der Waals surface area contributed by atoms with Crippen molar-refractivity contribution in [2.45, 2.75) is 39.5 Å². The second kappa shape index (κ2) is 7.43. The summed E-state index contributed by atoms with van der Waals surface area (Å²) in [6, 6.07) is 0. The zero-order valence-electron chi connectivity index (χ0n) is 11.5. The summed E-state index contributed by atoms with van der Waals surface area (Å²) in [6.07, 6.45) is 3.65. The molecule has 1 aliphatic heterocycles. The van der Waals surface area contributed by atoms with Gasteiger partial charge in [-0.1, -0.05) is 20.3 Å². The molecule has 1 N–H and O–H groups in total. The summed E-state index contributed by atoms with van der Waals surface area (Å²) in [4.78, 5) is 0. The van der Waals surface area contributed by atoms with Crippen LogP contribution in [0.4, 0.5) is 0 Å². The standard InChI is InChI=1S/C12H26N2O3S/c1-3-4-7-13(10-11-15)18(16,17)14-8-5-12(2)6-9-14/h12,15H,3-11H2,1-2H3. The Morgan fingerprint density at radius 1 is 1.28 bits per heavy atom. The average Bonchev–Trinajstić information content (AvgIpc) is 2.35. The van der Waals surface area contributed by atoms with Gasteiger partial charge in [0.1, 0.15) is 0 Å². The highest BCUT2D eigenvalue weighted by molar-refractivity contribution is 7.86. The highest BCUT2D eigenvalue weighted by Crippen LogP contribution is 2.20. The van der Waals surface area contributed by atoms with Crippen LogP contribution in [0.2, 0.25) is 0 Å². The smallest absolute Gasteiger partial charge is 0.282 e. The molecule has 108 valence electrons. The zero-order valence-corrected chi connectivity index (χ0v) is 12.3. The van der Waals surface area contributed by atoms with Gasteiger partial charge in [0.05, 0.1) is 6.61 Å². The Bertz CT molecular complexity index is 324. The highest BCUT2D eigenvalue weighted by Gasteiger charge is 2.31. The average molecular weight is 278 g/mol. The molecule has 0 radical (unpaired) electrons. The third-order valence-electron chi connectivity index (χ3n) is 3.51. The number of aliphatic hydroxyl groups is 1. The van der Waals surface area contributed by atoms with Crippen molar-refractivity contribution in [3.05, 3.63) is 0 Å². The van der Waals surface area contributed by atoms with Crippen molar-refractivity contribution in [2.75, 3.05) is 32.8 Å². The maximum atomic E-state index is 12.4. The minimum atomic E-state index is -3.38. The Morgan fingerprint density at radius 2 is 1.89 bits per heavy atom. The molecular formula is C12H26N2O3S. The van der Waals surface area contributed by atoms with Gasteiger partial charge in [0.2, 0.25) is 0 Å². The van der Waals surface area contributed by atoms with Gasteiger partial charge in [-0.2, -0.15) is 17.0 Å². The number of hydrogen-bond acceptors (Lipinski definition) is 3. The Hall–Kier alpha value is -0.170. The van der Waals surface area contributed by atoms with Crippen LogP contribution in [0.25, 0.3) is 0 Å². The van der Waals surface area contributed by atoms with Crippen molar-refractivity contribution in [1.29, 1.82) is 0 Å². The van der Waals surface area contributed by atoms with Gasteiger partial charge in [0.15, 0.2) is 0 Å². The van der Waals surface area contributed by atoms with E-state index in [2.05, 4.69) is 6.92 Å². The molecule has 0 aliphatic carbocycles. The molecule has 0 aromatic rings. The molecule has 6 heteroatoms. The van der Waals surface area contributed by atoms with Gasteiger partial charge in [0.25, 0.3) is 10.2 Å². The van der Waals surface area contributed by atoms with Crippen molar-refractivity contribution in [3.8, 4) is 0 Å². The molecule has 5 nitrogen and oxygen atoms in total. The molecule has 1 aliphatic rings. The Kier molecular flexibility index (Phi) is 6.55. The van der Waals surface area contributed by atoms with E-state index in [4.69, 9.17) is 5.11 Å². The van der Waals surface area contributed by atoms with Gasteiger partial charge >= 0.3 is 0 Å². The summed E-state index contributed by atoms with van der Waals surface area (Å²) in [5, 5.41) is 9.02. The summed E-state index contributed by atoms with van der Waals surface area (Å²) in [6.45, 7) is 6.00. The molecule has 1 rings (SSSR count). The lowest BCUT2D eigenvalue weighted by Crippen LogP contribution is -2.48. The number of aliphatic hydroxyl groups excluding tert-OH is 1. The van der Waals surface area contributed by atoms with E-state index in [0.29, 0.717) is 25.6 Å². The predicted molar refractivity (Wildman–Crippen MR) is 72.5 cm³/mol. The van der Waals surface area contributed by atoms with E-state index in [1.54, 1.807) is 4.31 Å². The fourth-order valence-electron chi connectivity index (χ4n) is 2.17. The van der Waals surface area contributed by atoms with Gasteiger partial charge in [-0.25, -0.2) is 0 Å². The van der Waals surface area contributed by atoms with Crippen molar-refractivity contribution < 1.29 is 13.5 Å². The van der Waals surface area contributed by atoms with E-state index >= 15 is 0 Å². The minimum absolute atomic E-state index is 0.118. The van der Waals surface area contributed by atoms with E-state index < -0.39 is 10.2 Å². The largest absolute Gasteiger partial charge is 0.395 e. The predicted octanol–water partition coefficient (Wildman–Crippen LogP) is 1.06. The van der Waals surface area contributed by atoms with Crippen LogP contribution in [0.1, 0.15) is 39.5 Å². The zero-order chi connectivity index (χ0) is 13.6. The van der Waals surface area contributed by atoms with Crippen LogP contribution in [0.5, 0.6) is 0 Å². The van der Waals surface area contributed by atoms with Crippen LogP contribution < -0.4 is 0 Å². The number of hydrogen-bond donors (Lipinski definition) is 1. The SMILES string of the molecule is CCCCN(CCO)S(=O)(=O)N1CCC(C)CC1. The molecule has 0 aromatic carbocycles. The molecule has 0 atom stereocenters. The topological polar surface area (TPSA) is 60.9 Å². The van der Waals surface area contributed by atoms with Gasteiger partial charge in [-0.3, -0.25) is 0 Å². The first kappa shape index (κ1) is 15.9. The minimum Gasteiger partial charge on any atom is -0.395 e. The molecule has 1 fully saturated rings. The molecule has 0 saturated carbocycles. The van der Waals surface area contributed by atoms with Gasteiger partial charge in [-0.15, -0.1) is 0 Å². The maximum Gasteiger partial charge on any atom is 0.282 e. The first-order valence-corrected chi connectivity index (χ1v) is 8.28. The molecule has 0 spiro atoms. The molecule has 1 heterocycles. The summed E-state index contributed by atoms with van der Waals surface area (Å²) >= 11 is 0. The highest BCUT2D eigenvalue weighted by atomic mass is 32.2. The van der Waals surface area contributed by atoms with E-state index in [1.807, 2.05) is 6.92 Å². The summed E-state index contributed by atoms with van der Waals surface area (Å²) in [5.74, 6) is 0.610. The molecule has 0 unspecified atom stereocenters. The summed E-state index contributed by atoms with van der Waals surface area (Å²) in [5.41, 5.74) is 0. The summed E-state index contributed by atoms with van der Waals surface area (Å²) in [7, 11) is -3.38. The Morgan fingerprint density at radius 3 is 2.39 bits per heavy atom. The van der Waals surface area contributed by atoms with Crippen LogP contribution in [0.3, 0.4) is 0 Å². The third kappa shape index (κ3) is 4.19. The molecule has 0 bridgehead atoms. The second-order valence-electron chi connectivity index (χ2n) is 5.07. The van der Waals surface area contributed by atoms with Gasteiger partial charge in [-0.05, 0) is 25.2 Å². The Labute approximate surface area is 111 Å². The second-order valence-corrected chi connectivity index (χ2v) is 6.99. The third-order valence-corrected chi connectivity index (χ3v) is 5.54. The van der Waals surface area contributed by atoms with Crippen molar-refractivity contribution in [2.24, 2.45) is 5.92 Å². The molecular weight excluding hydrogens is 252 g/mol. The lowest BCUT2D eigenvalue weighted by molar-refractivity contribution is 0.228. The van der Waals surface area contributed by atoms with E-state index in [-0.39, 0.29) is 13.2 Å². The van der Waals surface area contributed by atoms with Crippen LogP contribution in [-0.4, -0.2) is 54.9 Å². The van der Waals surface area contributed by atoms with Gasteiger partial charge in [0, 0.05) is 26.2 Å². The van der Waals surface area contributed by atoms with Crippen molar-refractivity contribution in [3.63, 3.8) is 0 Å².